The average Bonchev–Trinajstić information content (AvgIpc) is 3.00. The minimum atomic E-state index is -0.191. The van der Waals surface area contributed by atoms with Crippen molar-refractivity contribution in [1.82, 2.24) is 9.80 Å². The summed E-state index contributed by atoms with van der Waals surface area (Å²) < 4.78 is 5.12. The molecule has 0 spiro atoms. The van der Waals surface area contributed by atoms with Crippen molar-refractivity contribution in [2.24, 2.45) is 0 Å². The molecular weight excluding hydrogens is 280 g/mol. The lowest BCUT2D eigenvalue weighted by Crippen LogP contribution is -2.53. The van der Waals surface area contributed by atoms with E-state index < -0.39 is 0 Å². The van der Waals surface area contributed by atoms with E-state index in [0.29, 0.717) is 11.6 Å². The molecule has 1 aromatic carbocycles. The predicted octanol–water partition coefficient (Wildman–Crippen LogP) is 1.37. The summed E-state index contributed by atoms with van der Waals surface area (Å²) in [4.78, 5) is 16.8. The molecule has 1 aliphatic carbocycles. The van der Waals surface area contributed by atoms with Crippen LogP contribution in [0.5, 0.6) is 5.75 Å². The Morgan fingerprint density at radius 3 is 2.36 bits per heavy atom. The minimum Gasteiger partial charge on any atom is -0.497 e. The van der Waals surface area contributed by atoms with Crippen molar-refractivity contribution in [2.45, 2.75) is 31.4 Å². The highest BCUT2D eigenvalue weighted by Gasteiger charge is 2.33. The number of amides is 1. The zero-order valence-electron chi connectivity index (χ0n) is 13.1. The van der Waals surface area contributed by atoms with Crippen molar-refractivity contribution in [3.05, 3.63) is 29.8 Å². The van der Waals surface area contributed by atoms with Gasteiger partial charge in [-0.05, 0) is 43.5 Å². The molecular formula is C17H24N2O3. The van der Waals surface area contributed by atoms with Gasteiger partial charge in [-0.25, -0.2) is 0 Å². The van der Waals surface area contributed by atoms with E-state index >= 15 is 0 Å². The number of nitrogens with zero attached hydrogens (tertiary/aromatic N) is 2. The maximum Gasteiger partial charge on any atom is 0.253 e. The maximum absolute atomic E-state index is 12.5. The summed E-state index contributed by atoms with van der Waals surface area (Å²) in [5, 5.41) is 10.0. The number of benzene rings is 1. The molecule has 5 heteroatoms. The lowest BCUT2D eigenvalue weighted by atomic mass is 10.1. The van der Waals surface area contributed by atoms with Crippen LogP contribution in [0.25, 0.3) is 0 Å². The van der Waals surface area contributed by atoms with Crippen LogP contribution >= 0.6 is 0 Å². The monoisotopic (exact) mass is 304 g/mol. The number of piperazine rings is 1. The Kier molecular flexibility index (Phi) is 4.64. The second kappa shape index (κ2) is 6.67. The fourth-order valence-electron chi connectivity index (χ4n) is 3.52. The average molecular weight is 304 g/mol. The van der Waals surface area contributed by atoms with Crippen LogP contribution in [-0.4, -0.2) is 66.2 Å². The van der Waals surface area contributed by atoms with Crippen LogP contribution in [-0.2, 0) is 0 Å². The predicted molar refractivity (Wildman–Crippen MR) is 84.1 cm³/mol. The van der Waals surface area contributed by atoms with Crippen molar-refractivity contribution in [3.8, 4) is 5.75 Å². The first-order chi connectivity index (χ1) is 10.7. The van der Waals surface area contributed by atoms with E-state index in [2.05, 4.69) is 4.90 Å². The van der Waals surface area contributed by atoms with Gasteiger partial charge in [0.25, 0.3) is 5.91 Å². The number of carbonyl (C=O) groups is 1. The first kappa shape index (κ1) is 15.3. The number of aliphatic hydroxyl groups is 1. The highest BCUT2D eigenvalue weighted by molar-refractivity contribution is 5.94. The second-order valence-electron chi connectivity index (χ2n) is 6.12. The third-order valence-corrected chi connectivity index (χ3v) is 4.85. The van der Waals surface area contributed by atoms with Gasteiger partial charge in [0.15, 0.2) is 0 Å². The van der Waals surface area contributed by atoms with Gasteiger partial charge in [-0.1, -0.05) is 0 Å². The minimum absolute atomic E-state index is 0.0780. The van der Waals surface area contributed by atoms with Gasteiger partial charge in [0.05, 0.1) is 13.2 Å². The molecule has 1 heterocycles. The smallest absolute Gasteiger partial charge is 0.253 e. The third-order valence-electron chi connectivity index (χ3n) is 4.85. The zero-order valence-corrected chi connectivity index (χ0v) is 13.1. The number of ether oxygens (including phenoxy) is 1. The normalized spacial score (nSPS) is 26.2. The molecule has 1 saturated carbocycles. The molecule has 1 N–H and O–H groups in total. The van der Waals surface area contributed by atoms with Gasteiger partial charge in [0, 0.05) is 37.8 Å². The van der Waals surface area contributed by atoms with Gasteiger partial charge in [-0.15, -0.1) is 0 Å². The molecule has 2 fully saturated rings. The molecule has 0 aromatic heterocycles. The first-order valence-electron chi connectivity index (χ1n) is 8.04. The first-order valence-corrected chi connectivity index (χ1v) is 8.04. The van der Waals surface area contributed by atoms with E-state index in [1.807, 2.05) is 29.2 Å². The molecule has 0 radical (unpaired) electrons. The van der Waals surface area contributed by atoms with Gasteiger partial charge in [0.2, 0.25) is 0 Å². The summed E-state index contributed by atoms with van der Waals surface area (Å²) in [5.74, 6) is 0.839. The van der Waals surface area contributed by atoms with Crippen molar-refractivity contribution in [3.63, 3.8) is 0 Å². The van der Waals surface area contributed by atoms with Gasteiger partial charge in [-0.2, -0.15) is 0 Å². The van der Waals surface area contributed by atoms with Crippen molar-refractivity contribution < 1.29 is 14.6 Å². The standard InChI is InChI=1S/C17H24N2O3/c1-22-14-7-5-13(6-8-14)17(21)19-11-9-18(10-12-19)15-3-2-4-16(15)20/h5-8,15-16,20H,2-4,9-12H2,1H3. The van der Waals surface area contributed by atoms with Crippen LogP contribution in [0, 0.1) is 0 Å². The van der Waals surface area contributed by atoms with E-state index in [9.17, 15) is 9.90 Å². The molecule has 1 saturated heterocycles. The Balaban J connectivity index is 1.57. The molecule has 22 heavy (non-hydrogen) atoms. The summed E-state index contributed by atoms with van der Waals surface area (Å²) in [6, 6.07) is 7.55. The van der Waals surface area contributed by atoms with E-state index in [1.165, 1.54) is 0 Å². The zero-order chi connectivity index (χ0) is 15.5. The van der Waals surface area contributed by atoms with Gasteiger partial charge in [0.1, 0.15) is 5.75 Å². The summed E-state index contributed by atoms with van der Waals surface area (Å²) in [6.07, 6.45) is 2.91. The molecule has 5 nitrogen and oxygen atoms in total. The number of hydrogen-bond acceptors (Lipinski definition) is 4. The van der Waals surface area contributed by atoms with Crippen molar-refractivity contribution in [2.75, 3.05) is 33.3 Å². The number of carbonyl (C=O) groups excluding carboxylic acids is 1. The fourth-order valence-corrected chi connectivity index (χ4v) is 3.52. The third kappa shape index (κ3) is 3.10. The van der Waals surface area contributed by atoms with E-state index in [1.54, 1.807) is 7.11 Å². The fraction of sp³-hybridized carbons (Fsp3) is 0.588. The van der Waals surface area contributed by atoms with E-state index in [0.717, 1.165) is 51.2 Å². The molecule has 1 amide bonds. The van der Waals surface area contributed by atoms with Crippen LogP contribution in [0.4, 0.5) is 0 Å². The van der Waals surface area contributed by atoms with Crippen LogP contribution in [0.1, 0.15) is 29.6 Å². The van der Waals surface area contributed by atoms with Crippen LogP contribution in [0.3, 0.4) is 0 Å². The van der Waals surface area contributed by atoms with Gasteiger partial charge < -0.3 is 14.7 Å². The number of aliphatic hydroxyl groups excluding tert-OH is 1. The van der Waals surface area contributed by atoms with Crippen molar-refractivity contribution >= 4 is 5.91 Å². The summed E-state index contributed by atoms with van der Waals surface area (Å²) in [6.45, 7) is 3.16. The van der Waals surface area contributed by atoms with Crippen LogP contribution in [0.15, 0.2) is 24.3 Å². The molecule has 0 bridgehead atoms. The summed E-state index contributed by atoms with van der Waals surface area (Å²) in [5.41, 5.74) is 0.704. The Morgan fingerprint density at radius 2 is 1.82 bits per heavy atom. The van der Waals surface area contributed by atoms with E-state index in [-0.39, 0.29) is 12.0 Å². The number of methoxy groups -OCH3 is 1. The quantitative estimate of drug-likeness (QED) is 0.916. The Morgan fingerprint density at radius 1 is 1.14 bits per heavy atom. The van der Waals surface area contributed by atoms with Crippen molar-refractivity contribution in [1.29, 1.82) is 0 Å². The lowest BCUT2D eigenvalue weighted by molar-refractivity contribution is 0.0315. The molecule has 3 rings (SSSR count). The molecule has 2 unspecified atom stereocenters. The topological polar surface area (TPSA) is 53.0 Å². The van der Waals surface area contributed by atoms with Crippen LogP contribution in [0.2, 0.25) is 0 Å². The Bertz CT molecular complexity index is 509. The number of hydrogen-bond donors (Lipinski definition) is 1. The maximum atomic E-state index is 12.5. The Labute approximate surface area is 131 Å². The number of rotatable bonds is 3. The molecule has 2 atom stereocenters. The molecule has 1 aromatic rings. The lowest BCUT2D eigenvalue weighted by Gasteiger charge is -2.39. The second-order valence-corrected chi connectivity index (χ2v) is 6.12. The molecule has 1 aliphatic heterocycles. The SMILES string of the molecule is COc1ccc(C(=O)N2CCN(C3CCCC3O)CC2)cc1. The summed E-state index contributed by atoms with van der Waals surface area (Å²) >= 11 is 0. The molecule has 120 valence electrons. The van der Waals surface area contributed by atoms with Gasteiger partial charge in [-0.3, -0.25) is 9.69 Å². The van der Waals surface area contributed by atoms with Gasteiger partial charge >= 0.3 is 0 Å². The summed E-state index contributed by atoms with van der Waals surface area (Å²) in [7, 11) is 1.62. The molecule has 2 aliphatic rings. The highest BCUT2D eigenvalue weighted by atomic mass is 16.5. The van der Waals surface area contributed by atoms with Crippen LogP contribution < -0.4 is 4.74 Å². The van der Waals surface area contributed by atoms with E-state index in [4.69, 9.17) is 4.74 Å². The highest BCUT2D eigenvalue weighted by Crippen LogP contribution is 2.25. The largest absolute Gasteiger partial charge is 0.497 e. The Hall–Kier alpha value is -1.59.